The number of carbonyl (C=O) groups excluding carboxylic acids is 1. The van der Waals surface area contributed by atoms with Gasteiger partial charge in [0.15, 0.2) is 17.1 Å². The second kappa shape index (κ2) is 10.7. The topological polar surface area (TPSA) is 88.1 Å². The summed E-state index contributed by atoms with van der Waals surface area (Å²) in [6, 6.07) is 10.2. The standard InChI is InChI=1S/C22H23FN2O6S/c1-27-15-9-8-13(17(10-15)29-3)11-24-21-18(22(26)30-4)20(25-32-21)31-12-14-6-5-7-16(28-2)19(14)23/h5-10,24H,11-12H2,1-4H3. The first-order valence-corrected chi connectivity index (χ1v) is 10.3. The van der Waals surface area contributed by atoms with Crippen LogP contribution in [0.2, 0.25) is 0 Å². The average Bonchev–Trinajstić information content (AvgIpc) is 3.24. The Bertz CT molecular complexity index is 1090. The van der Waals surface area contributed by atoms with E-state index < -0.39 is 11.8 Å². The molecule has 1 N–H and O–H groups in total. The van der Waals surface area contributed by atoms with Gasteiger partial charge in [0, 0.05) is 23.7 Å². The summed E-state index contributed by atoms with van der Waals surface area (Å²) in [6.07, 6.45) is 0. The fraction of sp³-hybridized carbons (Fsp3) is 0.273. The van der Waals surface area contributed by atoms with Crippen molar-refractivity contribution in [3.63, 3.8) is 0 Å². The molecule has 2 aromatic carbocycles. The molecule has 0 fully saturated rings. The van der Waals surface area contributed by atoms with E-state index in [2.05, 4.69) is 9.69 Å². The molecule has 0 saturated carbocycles. The lowest BCUT2D eigenvalue weighted by atomic mass is 10.2. The molecule has 8 nitrogen and oxygen atoms in total. The summed E-state index contributed by atoms with van der Waals surface area (Å²) >= 11 is 1.04. The number of esters is 1. The largest absolute Gasteiger partial charge is 0.497 e. The second-order valence-corrected chi connectivity index (χ2v) is 7.21. The smallest absolute Gasteiger partial charge is 0.346 e. The SMILES string of the molecule is COC(=O)c1c(OCc2cccc(OC)c2F)nsc1NCc1ccc(OC)cc1OC. The minimum Gasteiger partial charge on any atom is -0.497 e. The molecule has 0 aliphatic rings. The third-order valence-electron chi connectivity index (χ3n) is 4.61. The summed E-state index contributed by atoms with van der Waals surface area (Å²) in [5, 5.41) is 3.62. The third kappa shape index (κ3) is 5.02. The van der Waals surface area contributed by atoms with Gasteiger partial charge in [-0.15, -0.1) is 0 Å². The Balaban J connectivity index is 1.79. The maximum absolute atomic E-state index is 14.4. The van der Waals surface area contributed by atoms with Gasteiger partial charge in [-0.2, -0.15) is 4.37 Å². The van der Waals surface area contributed by atoms with Crippen molar-refractivity contribution in [1.82, 2.24) is 4.37 Å². The highest BCUT2D eigenvalue weighted by Crippen LogP contribution is 2.34. The fourth-order valence-corrected chi connectivity index (χ4v) is 3.64. The quantitative estimate of drug-likeness (QED) is 0.447. The number of nitrogens with zero attached hydrogens (tertiary/aromatic N) is 1. The van der Waals surface area contributed by atoms with E-state index in [0.29, 0.717) is 23.0 Å². The van der Waals surface area contributed by atoms with Crippen LogP contribution in [-0.4, -0.2) is 38.8 Å². The van der Waals surface area contributed by atoms with Gasteiger partial charge in [0.1, 0.15) is 23.1 Å². The van der Waals surface area contributed by atoms with Crippen LogP contribution in [0.3, 0.4) is 0 Å². The number of hydrogen-bond acceptors (Lipinski definition) is 9. The first-order chi connectivity index (χ1) is 15.5. The van der Waals surface area contributed by atoms with Gasteiger partial charge < -0.3 is 29.0 Å². The molecule has 1 aromatic heterocycles. The van der Waals surface area contributed by atoms with E-state index in [4.69, 9.17) is 23.7 Å². The zero-order valence-corrected chi connectivity index (χ0v) is 18.9. The molecule has 0 atom stereocenters. The molecule has 0 spiro atoms. The molecule has 0 saturated heterocycles. The summed E-state index contributed by atoms with van der Waals surface area (Å²) < 4.78 is 44.7. The summed E-state index contributed by atoms with van der Waals surface area (Å²) in [5.74, 6) is 0.297. The highest BCUT2D eigenvalue weighted by atomic mass is 32.1. The lowest BCUT2D eigenvalue weighted by Gasteiger charge is -2.12. The van der Waals surface area contributed by atoms with E-state index in [1.807, 2.05) is 12.1 Å². The van der Waals surface area contributed by atoms with E-state index in [1.54, 1.807) is 32.4 Å². The van der Waals surface area contributed by atoms with Crippen LogP contribution in [0.25, 0.3) is 0 Å². The van der Waals surface area contributed by atoms with Crippen molar-refractivity contribution in [2.24, 2.45) is 0 Å². The van der Waals surface area contributed by atoms with E-state index in [9.17, 15) is 9.18 Å². The number of aromatic nitrogens is 1. The minimum atomic E-state index is -0.621. The van der Waals surface area contributed by atoms with E-state index >= 15 is 0 Å². The predicted octanol–water partition coefficient (Wildman–Crippen LogP) is 4.29. The van der Waals surface area contributed by atoms with Gasteiger partial charge in [-0.3, -0.25) is 0 Å². The number of benzene rings is 2. The minimum absolute atomic E-state index is 0.0493. The van der Waals surface area contributed by atoms with Gasteiger partial charge >= 0.3 is 5.97 Å². The molecule has 0 radical (unpaired) electrons. The van der Waals surface area contributed by atoms with Crippen LogP contribution in [0.15, 0.2) is 36.4 Å². The number of rotatable bonds is 10. The Morgan fingerprint density at radius 2 is 1.81 bits per heavy atom. The van der Waals surface area contributed by atoms with Crippen molar-refractivity contribution in [1.29, 1.82) is 0 Å². The highest BCUT2D eigenvalue weighted by molar-refractivity contribution is 7.10. The Morgan fingerprint density at radius 3 is 2.50 bits per heavy atom. The summed E-state index contributed by atoms with van der Waals surface area (Å²) in [5.41, 5.74) is 1.25. The Morgan fingerprint density at radius 1 is 1.03 bits per heavy atom. The molecular weight excluding hydrogens is 439 g/mol. The van der Waals surface area contributed by atoms with Crippen LogP contribution in [0.5, 0.6) is 23.1 Å². The molecular formula is C22H23FN2O6S. The third-order valence-corrected chi connectivity index (χ3v) is 5.40. The van der Waals surface area contributed by atoms with Crippen LogP contribution >= 0.6 is 11.5 Å². The van der Waals surface area contributed by atoms with Crippen LogP contribution in [0.4, 0.5) is 9.39 Å². The predicted molar refractivity (Wildman–Crippen MR) is 118 cm³/mol. The molecule has 0 bridgehead atoms. The second-order valence-electron chi connectivity index (χ2n) is 6.44. The molecule has 0 aliphatic carbocycles. The van der Waals surface area contributed by atoms with Gasteiger partial charge in [0.25, 0.3) is 0 Å². The number of anilines is 1. The lowest BCUT2D eigenvalue weighted by molar-refractivity contribution is 0.0596. The van der Waals surface area contributed by atoms with E-state index in [0.717, 1.165) is 17.1 Å². The van der Waals surface area contributed by atoms with Gasteiger partial charge in [0.2, 0.25) is 5.88 Å². The molecule has 10 heteroatoms. The van der Waals surface area contributed by atoms with Crippen LogP contribution in [-0.2, 0) is 17.9 Å². The first kappa shape index (κ1) is 23.1. The number of halogens is 1. The zero-order chi connectivity index (χ0) is 23.1. The van der Waals surface area contributed by atoms with Gasteiger partial charge in [-0.25, -0.2) is 9.18 Å². The number of methoxy groups -OCH3 is 4. The molecule has 0 aliphatic heterocycles. The van der Waals surface area contributed by atoms with Gasteiger partial charge in [-0.1, -0.05) is 12.1 Å². The summed E-state index contributed by atoms with van der Waals surface area (Å²) in [7, 11) is 5.79. The molecule has 1 heterocycles. The van der Waals surface area contributed by atoms with Crippen molar-refractivity contribution in [2.45, 2.75) is 13.2 Å². The van der Waals surface area contributed by atoms with Gasteiger partial charge in [-0.05, 0) is 29.7 Å². The Kier molecular flexibility index (Phi) is 7.72. The number of carbonyl (C=O) groups is 1. The maximum Gasteiger partial charge on any atom is 0.346 e. The van der Waals surface area contributed by atoms with Gasteiger partial charge in [0.05, 0.1) is 28.4 Å². The number of nitrogens with one attached hydrogen (secondary N) is 1. The van der Waals surface area contributed by atoms with Crippen LogP contribution < -0.4 is 24.3 Å². The Labute approximate surface area is 189 Å². The van der Waals surface area contributed by atoms with Crippen molar-refractivity contribution in [2.75, 3.05) is 33.8 Å². The van der Waals surface area contributed by atoms with E-state index in [-0.39, 0.29) is 29.4 Å². The normalized spacial score (nSPS) is 10.4. The van der Waals surface area contributed by atoms with E-state index in [1.165, 1.54) is 20.3 Å². The van der Waals surface area contributed by atoms with Crippen molar-refractivity contribution < 1.29 is 32.9 Å². The fourth-order valence-electron chi connectivity index (χ4n) is 2.92. The number of hydrogen-bond donors (Lipinski definition) is 1. The zero-order valence-electron chi connectivity index (χ0n) is 18.1. The molecule has 3 rings (SSSR count). The average molecular weight is 462 g/mol. The monoisotopic (exact) mass is 462 g/mol. The molecule has 0 amide bonds. The first-order valence-electron chi connectivity index (χ1n) is 9.49. The lowest BCUT2D eigenvalue weighted by Crippen LogP contribution is -2.09. The summed E-state index contributed by atoms with van der Waals surface area (Å²) in [6.45, 7) is 0.214. The molecule has 3 aromatic rings. The maximum atomic E-state index is 14.4. The van der Waals surface area contributed by atoms with Crippen LogP contribution in [0, 0.1) is 5.82 Å². The number of ether oxygens (including phenoxy) is 5. The molecule has 0 unspecified atom stereocenters. The summed E-state index contributed by atoms with van der Waals surface area (Å²) in [4.78, 5) is 12.4. The highest BCUT2D eigenvalue weighted by Gasteiger charge is 2.24. The van der Waals surface area contributed by atoms with Crippen molar-refractivity contribution >= 4 is 22.5 Å². The van der Waals surface area contributed by atoms with Crippen molar-refractivity contribution in [3.05, 3.63) is 58.9 Å². The Hall–Kier alpha value is -3.53. The molecule has 170 valence electrons. The van der Waals surface area contributed by atoms with Crippen molar-refractivity contribution in [3.8, 4) is 23.1 Å². The van der Waals surface area contributed by atoms with Crippen LogP contribution in [0.1, 0.15) is 21.5 Å². The molecule has 32 heavy (non-hydrogen) atoms.